The van der Waals surface area contributed by atoms with Crippen LogP contribution in [-0.2, 0) is 16.0 Å². The number of carbonyl (C=O) groups is 2. The van der Waals surface area contributed by atoms with E-state index in [9.17, 15) is 9.59 Å². The summed E-state index contributed by atoms with van der Waals surface area (Å²) in [6.45, 7) is 7.16. The lowest BCUT2D eigenvalue weighted by Crippen LogP contribution is -2.33. The Kier molecular flexibility index (Phi) is 11.9. The highest BCUT2D eigenvalue weighted by Gasteiger charge is 2.22. The molecule has 4 rings (SSSR count). The Morgan fingerprint density at radius 3 is 2.24 bits per heavy atom. The highest BCUT2D eigenvalue weighted by molar-refractivity contribution is 6.12. The summed E-state index contributed by atoms with van der Waals surface area (Å²) in [4.78, 5) is 32.4. The number of anilines is 2. The summed E-state index contributed by atoms with van der Waals surface area (Å²) in [5, 5.41) is 3.24. The van der Waals surface area contributed by atoms with E-state index in [2.05, 4.69) is 10.3 Å². The van der Waals surface area contributed by atoms with Gasteiger partial charge in [0.05, 0.1) is 13.7 Å². The van der Waals surface area contributed by atoms with Crippen LogP contribution in [0.4, 0.5) is 11.5 Å². The van der Waals surface area contributed by atoms with Crippen LogP contribution in [0.15, 0.2) is 97.1 Å². The molecule has 0 aliphatic heterocycles. The Bertz CT molecular complexity index is 1390. The number of ether oxygens (including phenoxy) is 2. The fraction of sp³-hybridized carbons (Fsp3) is 0.265. The summed E-state index contributed by atoms with van der Waals surface area (Å²) >= 11 is 0. The third-order valence-corrected chi connectivity index (χ3v) is 6.35. The number of hydrogen-bond donors (Lipinski definition) is 1. The first-order chi connectivity index (χ1) is 19.9. The molecule has 7 nitrogen and oxygen atoms in total. The number of aromatic nitrogens is 1. The summed E-state index contributed by atoms with van der Waals surface area (Å²) in [6, 6.07) is 29.2. The normalized spacial score (nSPS) is 11.0. The molecule has 0 spiro atoms. The fourth-order valence-corrected chi connectivity index (χ4v) is 4.19. The number of likely N-dealkylation sites (N-methyl/N-ethyl adjacent to an activating group) is 1. The van der Waals surface area contributed by atoms with Crippen LogP contribution in [0, 0.1) is 6.92 Å². The van der Waals surface area contributed by atoms with E-state index in [0.29, 0.717) is 36.4 Å². The fourth-order valence-electron chi connectivity index (χ4n) is 4.19. The molecule has 1 N–H and O–H groups in total. The molecule has 1 aromatic heterocycles. The SMILES string of the molecule is CC.COC(=O)C(Cc1ccc(OCCN(C)c2cccc(C)n2)cc1)Nc1ccccc1C(=O)c1ccccc1. The number of esters is 1. The molecule has 3 aromatic carbocycles. The predicted molar refractivity (Wildman–Crippen MR) is 165 cm³/mol. The highest BCUT2D eigenvalue weighted by atomic mass is 16.5. The summed E-state index contributed by atoms with van der Waals surface area (Å²) in [6.07, 6.45) is 0.378. The van der Waals surface area contributed by atoms with Gasteiger partial charge in [0, 0.05) is 36.0 Å². The van der Waals surface area contributed by atoms with Gasteiger partial charge in [-0.2, -0.15) is 0 Å². The van der Waals surface area contributed by atoms with Crippen LogP contribution in [0.1, 0.15) is 41.0 Å². The van der Waals surface area contributed by atoms with E-state index in [1.807, 2.05) is 106 Å². The van der Waals surface area contributed by atoms with E-state index in [1.165, 1.54) is 7.11 Å². The summed E-state index contributed by atoms with van der Waals surface area (Å²) in [5.74, 6) is 1.12. The number of carbonyl (C=O) groups excluding carboxylic acids is 2. The maximum absolute atomic E-state index is 13.1. The zero-order chi connectivity index (χ0) is 29.6. The zero-order valence-corrected chi connectivity index (χ0v) is 24.5. The molecule has 0 amide bonds. The van der Waals surface area contributed by atoms with Crippen molar-refractivity contribution in [3.63, 3.8) is 0 Å². The standard InChI is InChI=1S/C32H33N3O4.C2H6/c1-23-10-9-15-30(33-23)35(2)20-21-39-26-18-16-24(17-19-26)22-29(32(37)38-3)34-28-14-8-7-13-27(28)31(36)25-11-5-4-6-12-25;1-2/h4-19,29,34H,20-22H2,1-3H3;1-2H3. The lowest BCUT2D eigenvalue weighted by atomic mass is 10.00. The van der Waals surface area contributed by atoms with Crippen molar-refractivity contribution in [3.05, 3.63) is 119 Å². The maximum Gasteiger partial charge on any atom is 0.328 e. The Morgan fingerprint density at radius 1 is 0.878 bits per heavy atom. The Morgan fingerprint density at radius 2 is 1.56 bits per heavy atom. The van der Waals surface area contributed by atoms with Crippen molar-refractivity contribution in [2.24, 2.45) is 0 Å². The Labute approximate surface area is 243 Å². The van der Waals surface area contributed by atoms with Crippen LogP contribution in [0.2, 0.25) is 0 Å². The van der Waals surface area contributed by atoms with Gasteiger partial charge in [-0.1, -0.05) is 74.5 Å². The van der Waals surface area contributed by atoms with E-state index in [0.717, 1.165) is 22.8 Å². The maximum atomic E-state index is 13.1. The monoisotopic (exact) mass is 553 g/mol. The molecule has 0 aliphatic carbocycles. The van der Waals surface area contributed by atoms with Gasteiger partial charge in [-0.25, -0.2) is 9.78 Å². The number of methoxy groups -OCH3 is 1. The van der Waals surface area contributed by atoms with E-state index < -0.39 is 12.0 Å². The average molecular weight is 554 g/mol. The third-order valence-electron chi connectivity index (χ3n) is 6.35. The molecule has 0 saturated carbocycles. The topological polar surface area (TPSA) is 80.8 Å². The van der Waals surface area contributed by atoms with Gasteiger partial charge in [0.25, 0.3) is 0 Å². The number of pyridine rings is 1. The molecule has 1 heterocycles. The molecule has 7 heteroatoms. The largest absolute Gasteiger partial charge is 0.492 e. The minimum Gasteiger partial charge on any atom is -0.492 e. The molecule has 0 fully saturated rings. The van der Waals surface area contributed by atoms with Crippen molar-refractivity contribution >= 4 is 23.3 Å². The first-order valence-corrected chi connectivity index (χ1v) is 13.8. The minimum absolute atomic E-state index is 0.118. The number of para-hydroxylation sites is 1. The summed E-state index contributed by atoms with van der Waals surface area (Å²) in [5.41, 5.74) is 3.56. The van der Waals surface area contributed by atoms with Crippen molar-refractivity contribution in [1.82, 2.24) is 4.98 Å². The minimum atomic E-state index is -0.679. The summed E-state index contributed by atoms with van der Waals surface area (Å²) < 4.78 is 11.0. The Balaban J connectivity index is 0.00000226. The van der Waals surface area contributed by atoms with Gasteiger partial charge in [0.1, 0.15) is 24.2 Å². The molecule has 4 aromatic rings. The molecule has 41 heavy (non-hydrogen) atoms. The van der Waals surface area contributed by atoms with E-state index in [4.69, 9.17) is 9.47 Å². The van der Waals surface area contributed by atoms with Crippen LogP contribution in [-0.4, -0.2) is 50.1 Å². The van der Waals surface area contributed by atoms with Gasteiger partial charge in [-0.15, -0.1) is 0 Å². The molecule has 0 aliphatic rings. The van der Waals surface area contributed by atoms with Gasteiger partial charge in [0.2, 0.25) is 0 Å². The zero-order valence-electron chi connectivity index (χ0n) is 24.5. The molecular formula is C34H39N3O4. The number of ketones is 1. The Hall–Kier alpha value is -4.65. The second-order valence-electron chi connectivity index (χ2n) is 9.22. The molecule has 0 bridgehead atoms. The van der Waals surface area contributed by atoms with E-state index in [-0.39, 0.29) is 5.78 Å². The van der Waals surface area contributed by atoms with Crippen molar-refractivity contribution < 1.29 is 19.1 Å². The molecule has 1 atom stereocenters. The van der Waals surface area contributed by atoms with E-state index in [1.54, 1.807) is 24.3 Å². The number of aryl methyl sites for hydroxylation is 1. The number of hydrogen-bond acceptors (Lipinski definition) is 7. The van der Waals surface area contributed by atoms with Crippen molar-refractivity contribution in [2.75, 3.05) is 37.5 Å². The van der Waals surface area contributed by atoms with Gasteiger partial charge in [0.15, 0.2) is 5.78 Å². The highest BCUT2D eigenvalue weighted by Crippen LogP contribution is 2.22. The van der Waals surface area contributed by atoms with E-state index >= 15 is 0 Å². The van der Waals surface area contributed by atoms with Gasteiger partial charge in [-0.05, 0) is 48.9 Å². The smallest absolute Gasteiger partial charge is 0.328 e. The third kappa shape index (κ3) is 8.93. The van der Waals surface area contributed by atoms with Gasteiger partial charge >= 0.3 is 5.97 Å². The van der Waals surface area contributed by atoms with Crippen molar-refractivity contribution in [2.45, 2.75) is 33.2 Å². The van der Waals surface area contributed by atoms with Crippen LogP contribution >= 0.6 is 0 Å². The molecule has 0 saturated heterocycles. The quantitative estimate of drug-likeness (QED) is 0.162. The molecule has 1 unspecified atom stereocenters. The number of nitrogens with one attached hydrogen (secondary N) is 1. The van der Waals surface area contributed by atoms with Gasteiger partial charge in [-0.3, -0.25) is 4.79 Å². The number of rotatable bonds is 12. The average Bonchev–Trinajstić information content (AvgIpc) is 3.02. The molecule has 0 radical (unpaired) electrons. The van der Waals surface area contributed by atoms with Crippen molar-refractivity contribution in [1.29, 1.82) is 0 Å². The lowest BCUT2D eigenvalue weighted by molar-refractivity contribution is -0.141. The first kappa shape index (κ1) is 30.9. The van der Waals surface area contributed by atoms with Crippen molar-refractivity contribution in [3.8, 4) is 5.75 Å². The van der Waals surface area contributed by atoms with Gasteiger partial charge < -0.3 is 19.7 Å². The number of benzene rings is 3. The second kappa shape index (κ2) is 15.8. The summed E-state index contributed by atoms with van der Waals surface area (Å²) in [7, 11) is 3.35. The van der Waals surface area contributed by atoms with Crippen LogP contribution < -0.4 is 15.0 Å². The predicted octanol–water partition coefficient (Wildman–Crippen LogP) is 6.36. The molecule has 214 valence electrons. The number of nitrogens with zero attached hydrogens (tertiary/aromatic N) is 2. The van der Waals surface area contributed by atoms with Crippen LogP contribution in [0.3, 0.4) is 0 Å². The van der Waals surface area contributed by atoms with Crippen LogP contribution in [0.25, 0.3) is 0 Å². The first-order valence-electron chi connectivity index (χ1n) is 13.8. The second-order valence-corrected chi connectivity index (χ2v) is 9.22. The molecular weight excluding hydrogens is 514 g/mol. The van der Waals surface area contributed by atoms with Crippen LogP contribution in [0.5, 0.6) is 5.75 Å². The lowest BCUT2D eigenvalue weighted by Gasteiger charge is -2.20.